The Labute approximate surface area is 101 Å². The first-order valence-corrected chi connectivity index (χ1v) is 6.86. The molecule has 0 amide bonds. The molecule has 90 valence electrons. The van der Waals surface area contributed by atoms with Crippen molar-refractivity contribution in [3.8, 4) is 0 Å². The molecular formula is C12H20N2OS. The number of nitrogens with zero attached hydrogens (tertiary/aromatic N) is 1. The van der Waals surface area contributed by atoms with E-state index in [0.717, 1.165) is 23.5 Å². The Balaban J connectivity index is 2.20. The minimum absolute atomic E-state index is 0.122. The van der Waals surface area contributed by atoms with Gasteiger partial charge in [0, 0.05) is 23.0 Å². The van der Waals surface area contributed by atoms with Gasteiger partial charge in [0.2, 0.25) is 0 Å². The number of aryl methyl sites for hydroxylation is 1. The number of aliphatic hydroxyl groups is 1. The minimum Gasteiger partial charge on any atom is -0.385 e. The molecule has 2 rings (SSSR count). The Hall–Kier alpha value is -0.450. The summed E-state index contributed by atoms with van der Waals surface area (Å²) in [6, 6.07) is 0. The molecule has 1 aliphatic carbocycles. The van der Waals surface area contributed by atoms with Crippen molar-refractivity contribution in [1.82, 2.24) is 4.98 Å². The molecule has 16 heavy (non-hydrogen) atoms. The van der Waals surface area contributed by atoms with Crippen molar-refractivity contribution < 1.29 is 5.11 Å². The predicted octanol–water partition coefficient (Wildman–Crippen LogP) is 2.39. The molecule has 1 atom stereocenters. The SMILES string of the molecule is Cc1csc(C(O)C2(CN)CCCCC2)n1. The van der Waals surface area contributed by atoms with Crippen molar-refractivity contribution in [1.29, 1.82) is 0 Å². The number of rotatable bonds is 3. The Kier molecular flexibility index (Phi) is 3.62. The first-order chi connectivity index (χ1) is 7.68. The summed E-state index contributed by atoms with van der Waals surface area (Å²) < 4.78 is 0. The summed E-state index contributed by atoms with van der Waals surface area (Å²) >= 11 is 1.55. The van der Waals surface area contributed by atoms with E-state index in [0.29, 0.717) is 6.54 Å². The van der Waals surface area contributed by atoms with Crippen LogP contribution in [0, 0.1) is 12.3 Å². The molecule has 1 aromatic heterocycles. The van der Waals surface area contributed by atoms with Crippen LogP contribution in [0.5, 0.6) is 0 Å². The summed E-state index contributed by atoms with van der Waals surface area (Å²) in [7, 11) is 0. The average Bonchev–Trinajstić information content (AvgIpc) is 2.76. The Bertz CT molecular complexity index is 345. The topological polar surface area (TPSA) is 59.1 Å². The summed E-state index contributed by atoms with van der Waals surface area (Å²) in [5.41, 5.74) is 6.77. The second kappa shape index (κ2) is 4.82. The van der Waals surface area contributed by atoms with Crippen LogP contribution < -0.4 is 5.73 Å². The lowest BCUT2D eigenvalue weighted by Crippen LogP contribution is -2.38. The van der Waals surface area contributed by atoms with E-state index in [1.54, 1.807) is 11.3 Å². The third kappa shape index (κ3) is 2.14. The van der Waals surface area contributed by atoms with Gasteiger partial charge < -0.3 is 10.8 Å². The number of hydrogen-bond donors (Lipinski definition) is 2. The van der Waals surface area contributed by atoms with Crippen LogP contribution in [0.25, 0.3) is 0 Å². The number of aromatic nitrogens is 1. The van der Waals surface area contributed by atoms with Crippen LogP contribution in [0.15, 0.2) is 5.38 Å². The van der Waals surface area contributed by atoms with Crippen molar-refractivity contribution in [3.05, 3.63) is 16.1 Å². The van der Waals surface area contributed by atoms with Gasteiger partial charge in [-0.2, -0.15) is 0 Å². The summed E-state index contributed by atoms with van der Waals surface area (Å²) in [5, 5.41) is 13.3. The van der Waals surface area contributed by atoms with Gasteiger partial charge in [-0.1, -0.05) is 19.3 Å². The maximum absolute atomic E-state index is 10.5. The standard InChI is InChI=1S/C12H20N2OS/c1-9-7-16-11(14-9)10(15)12(8-13)5-3-2-4-6-12/h7,10,15H,2-6,8,13H2,1H3. The van der Waals surface area contributed by atoms with Gasteiger partial charge in [0.1, 0.15) is 11.1 Å². The largest absolute Gasteiger partial charge is 0.385 e. The zero-order chi connectivity index (χ0) is 11.6. The van der Waals surface area contributed by atoms with Crippen LogP contribution >= 0.6 is 11.3 Å². The van der Waals surface area contributed by atoms with E-state index in [1.807, 2.05) is 12.3 Å². The van der Waals surface area contributed by atoms with Crippen molar-refractivity contribution in [3.63, 3.8) is 0 Å². The monoisotopic (exact) mass is 240 g/mol. The summed E-state index contributed by atoms with van der Waals surface area (Å²) in [6.07, 6.45) is 5.21. The normalized spacial score (nSPS) is 21.9. The molecular weight excluding hydrogens is 220 g/mol. The highest BCUT2D eigenvalue weighted by atomic mass is 32.1. The highest BCUT2D eigenvalue weighted by Gasteiger charge is 2.39. The van der Waals surface area contributed by atoms with Gasteiger partial charge in [-0.25, -0.2) is 4.98 Å². The van der Waals surface area contributed by atoms with Gasteiger partial charge in [-0.3, -0.25) is 0 Å². The fourth-order valence-corrected chi connectivity index (χ4v) is 3.52. The molecule has 4 heteroatoms. The molecule has 0 saturated heterocycles. The van der Waals surface area contributed by atoms with Crippen molar-refractivity contribution in [2.45, 2.75) is 45.1 Å². The van der Waals surface area contributed by atoms with Crippen LogP contribution in [-0.2, 0) is 0 Å². The van der Waals surface area contributed by atoms with E-state index in [2.05, 4.69) is 4.98 Å². The molecule has 1 fully saturated rings. The summed E-state index contributed by atoms with van der Waals surface area (Å²) in [5.74, 6) is 0. The van der Waals surface area contributed by atoms with E-state index in [-0.39, 0.29) is 5.41 Å². The Morgan fingerprint density at radius 1 is 1.50 bits per heavy atom. The fraction of sp³-hybridized carbons (Fsp3) is 0.750. The zero-order valence-electron chi connectivity index (χ0n) is 9.78. The molecule has 0 aliphatic heterocycles. The summed E-state index contributed by atoms with van der Waals surface area (Å²) in [6.45, 7) is 2.52. The smallest absolute Gasteiger partial charge is 0.122 e. The molecule has 1 heterocycles. The number of aliphatic hydroxyl groups excluding tert-OH is 1. The van der Waals surface area contributed by atoms with Gasteiger partial charge >= 0.3 is 0 Å². The lowest BCUT2D eigenvalue weighted by atomic mass is 9.70. The van der Waals surface area contributed by atoms with E-state index in [4.69, 9.17) is 5.73 Å². The van der Waals surface area contributed by atoms with Gasteiger partial charge in [0.05, 0.1) is 0 Å². The quantitative estimate of drug-likeness (QED) is 0.853. The average molecular weight is 240 g/mol. The second-order valence-electron chi connectivity index (χ2n) is 4.86. The highest BCUT2D eigenvalue weighted by Crippen LogP contribution is 2.45. The fourth-order valence-electron chi connectivity index (χ4n) is 2.60. The lowest BCUT2D eigenvalue weighted by Gasteiger charge is -2.39. The van der Waals surface area contributed by atoms with Gasteiger partial charge in [0.25, 0.3) is 0 Å². The van der Waals surface area contributed by atoms with Gasteiger partial charge in [0.15, 0.2) is 0 Å². The first-order valence-electron chi connectivity index (χ1n) is 5.98. The molecule has 0 aromatic carbocycles. The van der Waals surface area contributed by atoms with Gasteiger partial charge in [-0.15, -0.1) is 11.3 Å². The van der Waals surface area contributed by atoms with Crippen LogP contribution in [0.3, 0.4) is 0 Å². The Morgan fingerprint density at radius 2 is 2.19 bits per heavy atom. The molecule has 0 spiro atoms. The lowest BCUT2D eigenvalue weighted by molar-refractivity contribution is 0.000510. The van der Waals surface area contributed by atoms with Crippen LogP contribution in [0.4, 0.5) is 0 Å². The van der Waals surface area contributed by atoms with E-state index in [1.165, 1.54) is 19.3 Å². The van der Waals surface area contributed by atoms with Crippen LogP contribution in [0.1, 0.15) is 48.9 Å². The highest BCUT2D eigenvalue weighted by molar-refractivity contribution is 7.09. The van der Waals surface area contributed by atoms with Crippen molar-refractivity contribution in [2.75, 3.05) is 6.54 Å². The molecule has 1 aliphatic rings. The molecule has 1 aromatic rings. The predicted molar refractivity (Wildman–Crippen MR) is 66.4 cm³/mol. The zero-order valence-corrected chi connectivity index (χ0v) is 10.6. The van der Waals surface area contributed by atoms with Crippen LogP contribution in [0.2, 0.25) is 0 Å². The third-order valence-electron chi connectivity index (χ3n) is 3.71. The van der Waals surface area contributed by atoms with E-state index >= 15 is 0 Å². The first kappa shape index (κ1) is 12.0. The number of hydrogen-bond acceptors (Lipinski definition) is 4. The minimum atomic E-state index is -0.475. The Morgan fingerprint density at radius 3 is 2.69 bits per heavy atom. The molecule has 1 unspecified atom stereocenters. The number of thiazole rings is 1. The maximum atomic E-state index is 10.5. The van der Waals surface area contributed by atoms with E-state index < -0.39 is 6.10 Å². The number of nitrogens with two attached hydrogens (primary N) is 1. The van der Waals surface area contributed by atoms with Crippen molar-refractivity contribution in [2.24, 2.45) is 11.1 Å². The van der Waals surface area contributed by atoms with E-state index in [9.17, 15) is 5.11 Å². The molecule has 0 bridgehead atoms. The summed E-state index contributed by atoms with van der Waals surface area (Å²) in [4.78, 5) is 4.39. The molecule has 0 radical (unpaired) electrons. The third-order valence-corrected chi connectivity index (χ3v) is 4.72. The second-order valence-corrected chi connectivity index (χ2v) is 5.75. The maximum Gasteiger partial charge on any atom is 0.122 e. The molecule has 3 N–H and O–H groups in total. The molecule has 3 nitrogen and oxygen atoms in total. The van der Waals surface area contributed by atoms with Crippen LogP contribution in [-0.4, -0.2) is 16.6 Å². The van der Waals surface area contributed by atoms with Crippen molar-refractivity contribution >= 4 is 11.3 Å². The molecule has 1 saturated carbocycles. The van der Waals surface area contributed by atoms with Gasteiger partial charge in [-0.05, 0) is 19.8 Å².